The van der Waals surface area contributed by atoms with Crippen LogP contribution in [0.5, 0.6) is 11.5 Å². The highest BCUT2D eigenvalue weighted by Gasteiger charge is 2.35. The molecule has 0 radical (unpaired) electrons. The number of benzene rings is 1. The predicted molar refractivity (Wildman–Crippen MR) is 73.4 cm³/mol. The summed E-state index contributed by atoms with van der Waals surface area (Å²) in [6.45, 7) is 5.19. The van der Waals surface area contributed by atoms with E-state index in [1.807, 2.05) is 13.8 Å². The van der Waals surface area contributed by atoms with Crippen molar-refractivity contribution in [2.24, 2.45) is 0 Å². The molecule has 0 saturated carbocycles. The van der Waals surface area contributed by atoms with Crippen molar-refractivity contribution in [2.45, 2.75) is 30.8 Å². The number of rotatable bonds is 2. The molecule has 0 aliphatic carbocycles. The van der Waals surface area contributed by atoms with Crippen LogP contribution >= 0.6 is 0 Å². The van der Waals surface area contributed by atoms with E-state index in [4.69, 9.17) is 9.47 Å². The highest BCUT2D eigenvalue weighted by Crippen LogP contribution is 2.35. The van der Waals surface area contributed by atoms with E-state index in [-0.39, 0.29) is 23.8 Å². The maximum atomic E-state index is 12.7. The van der Waals surface area contributed by atoms with Crippen LogP contribution in [-0.2, 0) is 10.0 Å². The first-order valence-electron chi connectivity index (χ1n) is 6.65. The lowest BCUT2D eigenvalue weighted by atomic mass is 10.1. The van der Waals surface area contributed by atoms with Crippen LogP contribution in [0, 0.1) is 0 Å². The molecule has 2 atom stereocenters. The molecule has 0 spiro atoms. The second-order valence-corrected chi connectivity index (χ2v) is 7.00. The van der Waals surface area contributed by atoms with Gasteiger partial charge in [0, 0.05) is 31.2 Å². The van der Waals surface area contributed by atoms with E-state index < -0.39 is 10.0 Å². The third kappa shape index (κ3) is 2.15. The minimum absolute atomic E-state index is 0.0841. The van der Waals surface area contributed by atoms with E-state index in [0.717, 1.165) is 0 Å². The van der Waals surface area contributed by atoms with Gasteiger partial charge in [-0.3, -0.25) is 0 Å². The monoisotopic (exact) mass is 298 g/mol. The summed E-state index contributed by atoms with van der Waals surface area (Å²) in [6.07, 6.45) is 0. The van der Waals surface area contributed by atoms with Gasteiger partial charge in [-0.25, -0.2) is 8.42 Å². The smallest absolute Gasteiger partial charge is 0.243 e. The van der Waals surface area contributed by atoms with Crippen molar-refractivity contribution >= 4 is 10.0 Å². The lowest BCUT2D eigenvalue weighted by Gasteiger charge is -2.37. The molecule has 1 aromatic rings. The lowest BCUT2D eigenvalue weighted by molar-refractivity contribution is 0.174. The molecule has 1 saturated heterocycles. The lowest BCUT2D eigenvalue weighted by Crippen LogP contribution is -2.57. The molecule has 0 aromatic heterocycles. The Morgan fingerprint density at radius 1 is 1.25 bits per heavy atom. The third-order valence-corrected chi connectivity index (χ3v) is 5.91. The highest BCUT2D eigenvalue weighted by molar-refractivity contribution is 7.89. The second-order valence-electron chi connectivity index (χ2n) is 5.11. The van der Waals surface area contributed by atoms with E-state index in [0.29, 0.717) is 24.6 Å². The van der Waals surface area contributed by atoms with Gasteiger partial charge in [-0.15, -0.1) is 0 Å². The van der Waals surface area contributed by atoms with E-state index in [9.17, 15) is 8.42 Å². The standard InChI is InChI=1S/C13H18N2O4S/c1-9-10(2)15(6-5-14-9)20(16,17)11-3-4-12-13(7-11)19-8-18-12/h3-4,7,9-10,14H,5-6,8H2,1-2H3/t9-,10-/m0/s1. The van der Waals surface area contributed by atoms with E-state index >= 15 is 0 Å². The summed E-state index contributed by atoms with van der Waals surface area (Å²) in [5.74, 6) is 1.08. The van der Waals surface area contributed by atoms with E-state index in [1.54, 1.807) is 16.4 Å². The van der Waals surface area contributed by atoms with Crippen molar-refractivity contribution in [1.82, 2.24) is 9.62 Å². The molecule has 2 aliphatic heterocycles. The SMILES string of the molecule is C[C@@H]1NCCN(S(=O)(=O)c2ccc3c(c2)OCO3)[C@H]1C. The average molecular weight is 298 g/mol. The maximum Gasteiger partial charge on any atom is 0.243 e. The molecule has 20 heavy (non-hydrogen) atoms. The molecule has 6 nitrogen and oxygen atoms in total. The zero-order valence-corrected chi connectivity index (χ0v) is 12.3. The Hall–Kier alpha value is -1.31. The number of sulfonamides is 1. The van der Waals surface area contributed by atoms with Crippen LogP contribution in [-0.4, -0.2) is 44.7 Å². The number of nitrogens with one attached hydrogen (secondary N) is 1. The normalized spacial score (nSPS) is 26.7. The van der Waals surface area contributed by atoms with Gasteiger partial charge in [0.2, 0.25) is 16.8 Å². The fourth-order valence-electron chi connectivity index (χ4n) is 2.54. The Morgan fingerprint density at radius 2 is 2.00 bits per heavy atom. The molecule has 0 bridgehead atoms. The molecule has 3 rings (SSSR count). The number of fused-ring (bicyclic) bond motifs is 1. The summed E-state index contributed by atoms with van der Waals surface area (Å²) in [5, 5.41) is 3.28. The zero-order chi connectivity index (χ0) is 14.3. The van der Waals surface area contributed by atoms with Gasteiger partial charge in [0.1, 0.15) is 0 Å². The fourth-order valence-corrected chi connectivity index (χ4v) is 4.26. The van der Waals surface area contributed by atoms with Gasteiger partial charge in [-0.05, 0) is 26.0 Å². The fraction of sp³-hybridized carbons (Fsp3) is 0.538. The van der Waals surface area contributed by atoms with Crippen molar-refractivity contribution < 1.29 is 17.9 Å². The average Bonchev–Trinajstić information content (AvgIpc) is 2.89. The molecule has 1 fully saturated rings. The number of ether oxygens (including phenoxy) is 2. The van der Waals surface area contributed by atoms with Crippen LogP contribution in [0.15, 0.2) is 23.1 Å². The van der Waals surface area contributed by atoms with Gasteiger partial charge in [-0.2, -0.15) is 4.31 Å². The molecule has 0 unspecified atom stereocenters. The highest BCUT2D eigenvalue weighted by atomic mass is 32.2. The van der Waals surface area contributed by atoms with Crippen molar-refractivity contribution in [3.8, 4) is 11.5 Å². The summed E-state index contributed by atoms with van der Waals surface area (Å²) in [7, 11) is -3.51. The van der Waals surface area contributed by atoms with Crippen LogP contribution in [0.1, 0.15) is 13.8 Å². The first kappa shape index (κ1) is 13.7. The Morgan fingerprint density at radius 3 is 2.80 bits per heavy atom. The molecule has 0 amide bonds. The van der Waals surface area contributed by atoms with E-state index in [1.165, 1.54) is 6.07 Å². The topological polar surface area (TPSA) is 67.9 Å². The number of piperazine rings is 1. The third-order valence-electron chi connectivity index (χ3n) is 3.93. The minimum Gasteiger partial charge on any atom is -0.454 e. The predicted octanol–water partition coefficient (Wildman–Crippen LogP) is 0.786. The van der Waals surface area contributed by atoms with Gasteiger partial charge in [0.25, 0.3) is 0 Å². The maximum absolute atomic E-state index is 12.7. The molecule has 7 heteroatoms. The van der Waals surface area contributed by atoms with Crippen LogP contribution in [0.2, 0.25) is 0 Å². The number of hydrogen-bond donors (Lipinski definition) is 1. The van der Waals surface area contributed by atoms with Crippen molar-refractivity contribution in [3.63, 3.8) is 0 Å². The van der Waals surface area contributed by atoms with Gasteiger partial charge < -0.3 is 14.8 Å². The first-order valence-corrected chi connectivity index (χ1v) is 8.09. The van der Waals surface area contributed by atoms with Crippen molar-refractivity contribution in [2.75, 3.05) is 19.9 Å². The summed E-state index contributed by atoms with van der Waals surface area (Å²) in [5.41, 5.74) is 0. The summed E-state index contributed by atoms with van der Waals surface area (Å²) in [4.78, 5) is 0.253. The number of hydrogen-bond acceptors (Lipinski definition) is 5. The van der Waals surface area contributed by atoms with Crippen LogP contribution in [0.25, 0.3) is 0 Å². The van der Waals surface area contributed by atoms with Crippen LogP contribution < -0.4 is 14.8 Å². The summed E-state index contributed by atoms with van der Waals surface area (Å²) in [6, 6.07) is 4.80. The van der Waals surface area contributed by atoms with Crippen LogP contribution in [0.3, 0.4) is 0 Å². The Balaban J connectivity index is 1.95. The minimum atomic E-state index is -3.51. The molecule has 2 heterocycles. The molecular weight excluding hydrogens is 280 g/mol. The summed E-state index contributed by atoms with van der Waals surface area (Å²) >= 11 is 0. The molecule has 2 aliphatic rings. The van der Waals surface area contributed by atoms with Crippen LogP contribution in [0.4, 0.5) is 0 Å². The first-order chi connectivity index (χ1) is 9.50. The van der Waals surface area contributed by atoms with Gasteiger partial charge in [-0.1, -0.05) is 0 Å². The van der Waals surface area contributed by atoms with Crippen molar-refractivity contribution in [3.05, 3.63) is 18.2 Å². The largest absolute Gasteiger partial charge is 0.454 e. The summed E-state index contributed by atoms with van der Waals surface area (Å²) < 4.78 is 37.5. The van der Waals surface area contributed by atoms with Crippen molar-refractivity contribution in [1.29, 1.82) is 0 Å². The van der Waals surface area contributed by atoms with E-state index in [2.05, 4.69) is 5.32 Å². The van der Waals surface area contributed by atoms with Gasteiger partial charge >= 0.3 is 0 Å². The Bertz CT molecular complexity index is 617. The molecule has 1 N–H and O–H groups in total. The second kappa shape index (κ2) is 4.91. The van der Waals surface area contributed by atoms with Gasteiger partial charge in [0.05, 0.1) is 4.90 Å². The molecular formula is C13H18N2O4S. The molecule has 110 valence electrons. The molecule has 1 aromatic carbocycles. The zero-order valence-electron chi connectivity index (χ0n) is 11.5. The quantitative estimate of drug-likeness (QED) is 0.874. The Kier molecular flexibility index (Phi) is 3.35. The Labute approximate surface area is 118 Å². The number of nitrogens with zero attached hydrogens (tertiary/aromatic N) is 1. The van der Waals surface area contributed by atoms with Gasteiger partial charge in [0.15, 0.2) is 11.5 Å².